The van der Waals surface area contributed by atoms with Gasteiger partial charge in [0.15, 0.2) is 0 Å². The summed E-state index contributed by atoms with van der Waals surface area (Å²) in [5.74, 6) is -5.45. The third-order valence-electron chi connectivity index (χ3n) is 9.56. The van der Waals surface area contributed by atoms with Crippen LogP contribution in [0, 0.1) is 11.8 Å². The Balaban J connectivity index is 1.81. The van der Waals surface area contributed by atoms with Gasteiger partial charge >= 0.3 is 12.1 Å². The van der Waals surface area contributed by atoms with E-state index in [1.54, 1.807) is 60.6 Å². The van der Waals surface area contributed by atoms with Gasteiger partial charge in [-0.3, -0.25) is 38.5 Å². The smallest absolute Gasteiger partial charge is 0.410 e. The average molecular weight is 808 g/mol. The number of hydrogen-bond acceptors (Lipinski definition) is 12. The molecule has 0 saturated carbocycles. The van der Waals surface area contributed by atoms with Gasteiger partial charge in [0, 0.05) is 13.1 Å². The van der Waals surface area contributed by atoms with Gasteiger partial charge in [0.2, 0.25) is 35.4 Å². The predicted octanol–water partition coefficient (Wildman–Crippen LogP) is -0.480. The fourth-order valence-corrected chi connectivity index (χ4v) is 6.52. The van der Waals surface area contributed by atoms with Crippen LogP contribution >= 0.6 is 0 Å². The van der Waals surface area contributed by atoms with Crippen molar-refractivity contribution >= 4 is 47.5 Å². The number of methoxy groups -OCH3 is 1. The Morgan fingerprint density at radius 3 is 1.91 bits per heavy atom. The van der Waals surface area contributed by atoms with Gasteiger partial charge < -0.3 is 50.4 Å². The van der Waals surface area contributed by atoms with Crippen molar-refractivity contribution in [2.24, 2.45) is 11.8 Å². The van der Waals surface area contributed by atoms with E-state index in [0.29, 0.717) is 32.2 Å². The molecular weight excluding hydrogens is 746 g/mol. The Hall–Kier alpha value is -4.78. The molecule has 0 aromatic heterocycles. The zero-order valence-electron chi connectivity index (χ0n) is 34.3. The maximum atomic E-state index is 13.9. The van der Waals surface area contributed by atoms with Gasteiger partial charge in [-0.05, 0) is 58.3 Å². The summed E-state index contributed by atoms with van der Waals surface area (Å²) in [4.78, 5) is 109. The molecule has 3 heterocycles. The number of nitrogens with one attached hydrogen (secondary N) is 5. The van der Waals surface area contributed by atoms with Crippen LogP contribution in [0.3, 0.4) is 0 Å². The molecule has 5 N–H and O–H groups in total. The van der Waals surface area contributed by atoms with E-state index in [4.69, 9.17) is 14.2 Å². The minimum atomic E-state index is -1.29. The van der Waals surface area contributed by atoms with Crippen molar-refractivity contribution in [2.75, 3.05) is 53.2 Å². The molecule has 320 valence electrons. The molecule has 3 rings (SSSR count). The van der Waals surface area contributed by atoms with Crippen LogP contribution in [0.5, 0.6) is 0 Å². The number of hydrogen-bond donors (Lipinski definition) is 5. The van der Waals surface area contributed by atoms with Gasteiger partial charge in [-0.25, -0.2) is 4.79 Å². The monoisotopic (exact) mass is 807 g/mol. The Kier molecular flexibility index (Phi) is 17.7. The maximum absolute atomic E-state index is 13.9. The second kappa shape index (κ2) is 21.7. The summed E-state index contributed by atoms with van der Waals surface area (Å²) >= 11 is 0. The first-order valence-corrected chi connectivity index (χ1v) is 19.5. The summed E-state index contributed by atoms with van der Waals surface area (Å²) in [7, 11) is 1.17. The van der Waals surface area contributed by atoms with Crippen molar-refractivity contribution in [1.29, 1.82) is 0 Å². The molecule has 2 saturated heterocycles. The molecule has 19 nitrogen and oxygen atoms in total. The zero-order chi connectivity index (χ0) is 42.4. The quantitative estimate of drug-likeness (QED) is 0.154. The minimum Gasteiger partial charge on any atom is -0.468 e. The first-order chi connectivity index (χ1) is 26.8. The fourth-order valence-electron chi connectivity index (χ4n) is 6.52. The van der Waals surface area contributed by atoms with E-state index in [2.05, 4.69) is 31.3 Å². The molecule has 0 radical (unpaired) electrons. The van der Waals surface area contributed by atoms with Gasteiger partial charge in [-0.15, -0.1) is 0 Å². The van der Waals surface area contributed by atoms with Gasteiger partial charge in [-0.1, -0.05) is 39.8 Å². The molecule has 0 spiro atoms. The molecular formula is C38H61N7O12. The number of ether oxygens (including phenoxy) is 4. The van der Waals surface area contributed by atoms with Crippen LogP contribution in [-0.2, 0) is 52.5 Å². The fraction of sp³-hybridized carbons (Fsp3) is 0.737. The van der Waals surface area contributed by atoms with Crippen molar-refractivity contribution in [3.8, 4) is 0 Å². The molecule has 0 aliphatic carbocycles. The number of likely N-dealkylation sites (tertiary alicyclic amines) is 2. The second-order valence-corrected chi connectivity index (χ2v) is 15.9. The first-order valence-electron chi connectivity index (χ1n) is 19.5. The minimum absolute atomic E-state index is 0.00102. The highest BCUT2D eigenvalue weighted by atomic mass is 16.6. The molecule has 0 aromatic carbocycles. The van der Waals surface area contributed by atoms with Crippen LogP contribution in [0.15, 0.2) is 12.2 Å². The van der Waals surface area contributed by atoms with Crippen LogP contribution in [0.2, 0.25) is 0 Å². The van der Waals surface area contributed by atoms with Crippen LogP contribution < -0.4 is 26.6 Å². The van der Waals surface area contributed by atoms with E-state index in [-0.39, 0.29) is 38.9 Å². The molecule has 19 heteroatoms. The van der Waals surface area contributed by atoms with Crippen LogP contribution in [0.4, 0.5) is 4.79 Å². The number of carbonyl (C=O) groups is 8. The number of esters is 1. The van der Waals surface area contributed by atoms with E-state index >= 15 is 0 Å². The number of rotatable bonds is 8. The largest absolute Gasteiger partial charge is 0.468 e. The summed E-state index contributed by atoms with van der Waals surface area (Å²) in [6, 6.07) is -6.55. The summed E-state index contributed by atoms with van der Waals surface area (Å²) in [6.45, 7) is 11.6. The molecule has 3 aliphatic heterocycles. The van der Waals surface area contributed by atoms with E-state index < -0.39 is 102 Å². The van der Waals surface area contributed by atoms with Gasteiger partial charge in [-0.2, -0.15) is 0 Å². The Bertz CT molecular complexity index is 1500. The lowest BCUT2D eigenvalue weighted by atomic mass is 9.99. The highest BCUT2D eigenvalue weighted by Gasteiger charge is 2.44. The van der Waals surface area contributed by atoms with Crippen LogP contribution in [0.1, 0.15) is 74.1 Å². The number of amides is 7. The summed E-state index contributed by atoms with van der Waals surface area (Å²) in [6.07, 6.45) is 4.48. The van der Waals surface area contributed by atoms with E-state index in [1.807, 2.05) is 0 Å². The zero-order valence-corrected chi connectivity index (χ0v) is 34.3. The Morgan fingerprint density at radius 2 is 1.33 bits per heavy atom. The summed E-state index contributed by atoms with van der Waals surface area (Å²) < 4.78 is 21.5. The highest BCUT2D eigenvalue weighted by molar-refractivity contribution is 5.97. The summed E-state index contributed by atoms with van der Waals surface area (Å²) in [5.41, 5.74) is -0.754. The number of nitrogens with zero attached hydrogens (tertiary/aromatic N) is 2. The van der Waals surface area contributed by atoms with Gasteiger partial charge in [0.1, 0.15) is 48.4 Å². The van der Waals surface area contributed by atoms with Crippen molar-refractivity contribution in [3.63, 3.8) is 0 Å². The van der Waals surface area contributed by atoms with Gasteiger partial charge in [0.25, 0.3) is 0 Å². The van der Waals surface area contributed by atoms with Gasteiger partial charge in [0.05, 0.1) is 33.5 Å². The molecule has 3 aliphatic rings. The Labute approximate surface area is 334 Å². The lowest BCUT2D eigenvalue weighted by Gasteiger charge is -2.33. The third-order valence-corrected chi connectivity index (χ3v) is 9.56. The molecule has 0 unspecified atom stereocenters. The normalized spacial score (nSPS) is 25.8. The van der Waals surface area contributed by atoms with E-state index in [9.17, 15) is 38.4 Å². The van der Waals surface area contributed by atoms with Crippen LogP contribution in [-0.4, -0.2) is 152 Å². The lowest BCUT2D eigenvalue weighted by Crippen LogP contribution is -2.62. The lowest BCUT2D eigenvalue weighted by molar-refractivity contribution is -0.143. The molecule has 0 aromatic rings. The SMILES string of the molecule is COC(=O)CNC(=O)[C@@H]1COCC=CCOC[C@H](NC(=O)[C@H]2CCCN2C(=O)[C@@H]2CCCN2C(=O)OC(C)(C)C)C(=O)N[C@@H](C(C)C)C(=O)N[C@@H](C(C)C)C(=O)N1. The van der Waals surface area contributed by atoms with Crippen molar-refractivity contribution in [2.45, 2.75) is 116 Å². The maximum Gasteiger partial charge on any atom is 0.410 e. The second-order valence-electron chi connectivity index (χ2n) is 15.9. The average Bonchev–Trinajstić information content (AvgIpc) is 3.84. The third kappa shape index (κ3) is 14.0. The summed E-state index contributed by atoms with van der Waals surface area (Å²) in [5, 5.41) is 13.1. The van der Waals surface area contributed by atoms with Crippen molar-refractivity contribution < 1.29 is 57.3 Å². The Morgan fingerprint density at radius 1 is 0.789 bits per heavy atom. The van der Waals surface area contributed by atoms with E-state index in [1.165, 1.54) is 16.9 Å². The molecule has 7 amide bonds. The molecule has 2 fully saturated rings. The predicted molar refractivity (Wildman–Crippen MR) is 204 cm³/mol. The van der Waals surface area contributed by atoms with Crippen LogP contribution in [0.25, 0.3) is 0 Å². The van der Waals surface area contributed by atoms with Crippen molar-refractivity contribution in [3.05, 3.63) is 12.2 Å². The highest BCUT2D eigenvalue weighted by Crippen LogP contribution is 2.26. The van der Waals surface area contributed by atoms with E-state index in [0.717, 1.165) is 0 Å². The number of carbonyl (C=O) groups excluding carboxylic acids is 8. The molecule has 57 heavy (non-hydrogen) atoms. The molecule has 0 bridgehead atoms. The van der Waals surface area contributed by atoms with Crippen molar-refractivity contribution in [1.82, 2.24) is 36.4 Å². The topological polar surface area (TPSA) is 240 Å². The molecule has 6 atom stereocenters. The first kappa shape index (κ1) is 46.6. The standard InChI is InChI=1S/C38H61N7O12/c1-22(2)29-34(50)41-24(31(47)39-19-28(46)54-8)20-55-17-9-10-18-56-21-25(32(48)42-30(23(3)4)35(51)43-29)40-33(49)26-13-11-15-44(26)36(52)27-14-12-16-45(27)37(53)57-38(5,6)7/h9-10,22-27,29-30H,11-21H2,1-8H3,(H,39,47)(H,40,49)(H,41,50)(H,42,48)(H,43,51)/t24-,25-,26+,27-,29-,30-/m0/s1.